The molecule has 0 aromatic carbocycles. The monoisotopic (exact) mass is 196 g/mol. The van der Waals surface area contributed by atoms with Crippen LogP contribution in [0.3, 0.4) is 0 Å². The molecule has 0 aromatic rings. The van der Waals surface area contributed by atoms with Crippen LogP contribution in [0, 0.1) is 0 Å². The lowest BCUT2D eigenvalue weighted by Gasteiger charge is -2.29. The molecule has 3 saturated heterocycles. The Morgan fingerprint density at radius 2 is 1.93 bits per heavy atom. The molecule has 0 saturated carbocycles. The number of hydrogen-bond donors (Lipinski definition) is 2. The maximum Gasteiger partial charge on any atom is 0.0733 e. The van der Waals surface area contributed by atoms with Crippen molar-refractivity contribution >= 4 is 0 Å². The van der Waals surface area contributed by atoms with Crippen molar-refractivity contribution in [3.05, 3.63) is 0 Å². The Balaban J connectivity index is 1.52. The Labute approximate surface area is 85.6 Å². The smallest absolute Gasteiger partial charge is 0.0733 e. The van der Waals surface area contributed by atoms with Crippen molar-refractivity contribution in [1.29, 1.82) is 0 Å². The Morgan fingerprint density at radius 3 is 2.57 bits per heavy atom. The van der Waals surface area contributed by atoms with Gasteiger partial charge in [-0.3, -0.25) is 0 Å². The normalized spacial score (nSPS) is 43.3. The molecule has 3 nitrogen and oxygen atoms in total. The van der Waals surface area contributed by atoms with Gasteiger partial charge in [-0.25, -0.2) is 0 Å². The third kappa shape index (κ3) is 1.69. The van der Waals surface area contributed by atoms with Gasteiger partial charge in [0.15, 0.2) is 0 Å². The lowest BCUT2D eigenvalue weighted by atomic mass is 9.94. The summed E-state index contributed by atoms with van der Waals surface area (Å²) < 4.78 is 5.85. The summed E-state index contributed by atoms with van der Waals surface area (Å²) in [5, 5.41) is 7.19. The highest BCUT2D eigenvalue weighted by atomic mass is 16.5. The third-order valence-electron chi connectivity index (χ3n) is 3.89. The van der Waals surface area contributed by atoms with Crippen LogP contribution >= 0.6 is 0 Å². The molecule has 3 heterocycles. The molecular weight excluding hydrogens is 176 g/mol. The molecule has 3 aliphatic heterocycles. The van der Waals surface area contributed by atoms with E-state index in [-0.39, 0.29) is 0 Å². The molecule has 2 bridgehead atoms. The Bertz CT molecular complexity index is 203. The molecular formula is C11H20N2O. The number of rotatable bonds is 2. The number of fused-ring (bicyclic) bond motifs is 2. The molecule has 3 atom stereocenters. The van der Waals surface area contributed by atoms with Crippen molar-refractivity contribution in [2.24, 2.45) is 0 Å². The van der Waals surface area contributed by atoms with E-state index in [2.05, 4.69) is 10.6 Å². The first kappa shape index (κ1) is 9.13. The summed E-state index contributed by atoms with van der Waals surface area (Å²) in [4.78, 5) is 0. The highest BCUT2D eigenvalue weighted by molar-refractivity contribution is 4.95. The lowest BCUT2D eigenvalue weighted by molar-refractivity contribution is 0.0953. The second-order valence-electron chi connectivity index (χ2n) is 4.91. The number of hydrogen-bond acceptors (Lipinski definition) is 3. The van der Waals surface area contributed by atoms with E-state index in [0.717, 1.165) is 6.04 Å². The van der Waals surface area contributed by atoms with Crippen LogP contribution in [0.15, 0.2) is 0 Å². The van der Waals surface area contributed by atoms with Gasteiger partial charge in [-0.2, -0.15) is 0 Å². The second kappa shape index (κ2) is 3.80. The zero-order chi connectivity index (χ0) is 9.38. The van der Waals surface area contributed by atoms with Gasteiger partial charge in [0.05, 0.1) is 12.2 Å². The maximum atomic E-state index is 5.85. The molecule has 14 heavy (non-hydrogen) atoms. The number of ether oxygens (including phenoxy) is 1. The minimum Gasteiger partial charge on any atom is -0.373 e. The minimum absolute atomic E-state index is 0.537. The molecule has 0 spiro atoms. The van der Waals surface area contributed by atoms with E-state index >= 15 is 0 Å². The zero-order valence-corrected chi connectivity index (χ0v) is 8.67. The molecule has 0 aliphatic carbocycles. The molecule has 3 unspecified atom stereocenters. The van der Waals surface area contributed by atoms with Crippen molar-refractivity contribution < 1.29 is 4.74 Å². The summed E-state index contributed by atoms with van der Waals surface area (Å²) in [6.07, 6.45) is 7.53. The Kier molecular flexibility index (Phi) is 2.48. The highest BCUT2D eigenvalue weighted by Crippen LogP contribution is 2.34. The molecule has 2 N–H and O–H groups in total. The first-order valence-electron chi connectivity index (χ1n) is 6.04. The zero-order valence-electron chi connectivity index (χ0n) is 8.67. The molecule has 3 heteroatoms. The van der Waals surface area contributed by atoms with E-state index in [9.17, 15) is 0 Å². The summed E-state index contributed by atoms with van der Waals surface area (Å²) in [6.45, 7) is 2.36. The Hall–Kier alpha value is -0.120. The molecule has 3 rings (SSSR count). The van der Waals surface area contributed by atoms with Gasteiger partial charge in [-0.1, -0.05) is 0 Å². The van der Waals surface area contributed by atoms with Crippen LogP contribution in [0.4, 0.5) is 0 Å². The second-order valence-corrected chi connectivity index (χ2v) is 4.91. The van der Waals surface area contributed by atoms with E-state index in [0.29, 0.717) is 18.2 Å². The van der Waals surface area contributed by atoms with Crippen LogP contribution in [-0.2, 0) is 4.74 Å². The van der Waals surface area contributed by atoms with E-state index in [1.165, 1.54) is 45.2 Å². The van der Waals surface area contributed by atoms with Crippen LogP contribution < -0.4 is 10.6 Å². The third-order valence-corrected chi connectivity index (χ3v) is 3.89. The fourth-order valence-corrected chi connectivity index (χ4v) is 3.10. The van der Waals surface area contributed by atoms with Gasteiger partial charge in [0.2, 0.25) is 0 Å². The van der Waals surface area contributed by atoms with Gasteiger partial charge in [0.25, 0.3) is 0 Å². The minimum atomic E-state index is 0.537. The van der Waals surface area contributed by atoms with E-state index in [1.807, 2.05) is 0 Å². The molecule has 0 amide bonds. The van der Waals surface area contributed by atoms with Crippen LogP contribution in [0.5, 0.6) is 0 Å². The predicted octanol–water partition coefficient (Wildman–Crippen LogP) is 0.648. The molecule has 0 radical (unpaired) electrons. The van der Waals surface area contributed by atoms with Crippen molar-refractivity contribution in [3.8, 4) is 0 Å². The van der Waals surface area contributed by atoms with Gasteiger partial charge in [-0.15, -0.1) is 0 Å². The first-order chi connectivity index (χ1) is 6.92. The number of piperidine rings is 1. The number of nitrogens with one attached hydrogen (secondary N) is 2. The average Bonchev–Trinajstić information content (AvgIpc) is 2.81. The maximum absolute atomic E-state index is 5.85. The van der Waals surface area contributed by atoms with Gasteiger partial charge in [0, 0.05) is 12.1 Å². The molecule has 3 fully saturated rings. The topological polar surface area (TPSA) is 33.3 Å². The SMILES string of the molecule is C1CC(NC2CC3CCC2O3)CCN1. The highest BCUT2D eigenvalue weighted by Gasteiger charge is 2.41. The van der Waals surface area contributed by atoms with Gasteiger partial charge < -0.3 is 15.4 Å². The van der Waals surface area contributed by atoms with Crippen LogP contribution in [0.1, 0.15) is 32.1 Å². The summed E-state index contributed by atoms with van der Waals surface area (Å²) in [7, 11) is 0. The van der Waals surface area contributed by atoms with Gasteiger partial charge in [-0.05, 0) is 45.2 Å². The fraction of sp³-hybridized carbons (Fsp3) is 1.00. The molecule has 3 aliphatic rings. The van der Waals surface area contributed by atoms with Crippen LogP contribution in [-0.4, -0.2) is 37.4 Å². The summed E-state index contributed by atoms with van der Waals surface area (Å²) in [5.74, 6) is 0. The van der Waals surface area contributed by atoms with Gasteiger partial charge in [0.1, 0.15) is 0 Å². The van der Waals surface area contributed by atoms with E-state index in [4.69, 9.17) is 4.74 Å². The van der Waals surface area contributed by atoms with Crippen molar-refractivity contribution in [2.45, 2.75) is 56.4 Å². The standard InChI is InChI=1S/C11H20N2O/c1-2-11-10(7-9(1)14-11)13-8-3-5-12-6-4-8/h8-13H,1-7H2. The van der Waals surface area contributed by atoms with E-state index < -0.39 is 0 Å². The van der Waals surface area contributed by atoms with Crippen molar-refractivity contribution in [2.75, 3.05) is 13.1 Å². The molecule has 80 valence electrons. The van der Waals surface area contributed by atoms with E-state index in [1.54, 1.807) is 0 Å². The quantitative estimate of drug-likeness (QED) is 0.680. The predicted molar refractivity (Wildman–Crippen MR) is 55.3 cm³/mol. The Morgan fingerprint density at radius 1 is 1.07 bits per heavy atom. The fourth-order valence-electron chi connectivity index (χ4n) is 3.10. The lowest BCUT2D eigenvalue weighted by Crippen LogP contribution is -2.48. The summed E-state index contributed by atoms with van der Waals surface area (Å²) in [6, 6.07) is 1.40. The van der Waals surface area contributed by atoms with Crippen molar-refractivity contribution in [3.63, 3.8) is 0 Å². The average molecular weight is 196 g/mol. The largest absolute Gasteiger partial charge is 0.373 e. The van der Waals surface area contributed by atoms with Crippen LogP contribution in [0.2, 0.25) is 0 Å². The first-order valence-corrected chi connectivity index (χ1v) is 6.04. The van der Waals surface area contributed by atoms with Crippen LogP contribution in [0.25, 0.3) is 0 Å². The van der Waals surface area contributed by atoms with Crippen molar-refractivity contribution in [1.82, 2.24) is 10.6 Å². The van der Waals surface area contributed by atoms with Gasteiger partial charge >= 0.3 is 0 Å². The summed E-state index contributed by atoms with van der Waals surface area (Å²) >= 11 is 0. The summed E-state index contributed by atoms with van der Waals surface area (Å²) in [5.41, 5.74) is 0. The molecule has 0 aromatic heterocycles.